The van der Waals surface area contributed by atoms with E-state index in [4.69, 9.17) is 27.9 Å². The molecule has 1 saturated heterocycles. The summed E-state index contributed by atoms with van der Waals surface area (Å²) < 4.78 is 7.29. The molecule has 4 aromatic rings. The maximum absolute atomic E-state index is 12.6. The van der Waals surface area contributed by atoms with Gasteiger partial charge in [0.2, 0.25) is 0 Å². The number of morpholine rings is 1. The van der Waals surface area contributed by atoms with Gasteiger partial charge in [-0.25, -0.2) is 4.98 Å². The molecule has 0 spiro atoms. The van der Waals surface area contributed by atoms with Crippen molar-refractivity contribution >= 4 is 52.2 Å². The van der Waals surface area contributed by atoms with Crippen molar-refractivity contribution in [2.75, 3.05) is 39.4 Å². The molecule has 1 aliphatic heterocycles. The minimum Gasteiger partial charge on any atom is -0.379 e. The number of benzene rings is 2. The van der Waals surface area contributed by atoms with Crippen LogP contribution in [-0.4, -0.2) is 69.9 Å². The van der Waals surface area contributed by atoms with Crippen LogP contribution < -0.4 is 5.32 Å². The Balaban J connectivity index is 1.28. The predicted molar refractivity (Wildman–Crippen MR) is 148 cm³/mol. The maximum atomic E-state index is 12.6. The van der Waals surface area contributed by atoms with Gasteiger partial charge in [-0.05, 0) is 30.3 Å². The standard InChI is InChI=1S/C25H24Cl2N6O2S2/c26-17-4-3-5-18(14-17)33-23(19-6-1-2-7-20(19)27)30-31-25(33)37-16-22-29-21(15-36-22)24(34)28-8-9-32-10-12-35-13-11-32/h1-7,14-15H,8-13,16H2,(H,28,34). The van der Waals surface area contributed by atoms with E-state index >= 15 is 0 Å². The Bertz CT molecular complexity index is 1370. The van der Waals surface area contributed by atoms with Gasteiger partial charge in [-0.2, -0.15) is 0 Å². The van der Waals surface area contributed by atoms with E-state index in [1.54, 1.807) is 5.38 Å². The summed E-state index contributed by atoms with van der Waals surface area (Å²) in [7, 11) is 0. The molecule has 37 heavy (non-hydrogen) atoms. The van der Waals surface area contributed by atoms with Crippen molar-refractivity contribution in [3.63, 3.8) is 0 Å². The van der Waals surface area contributed by atoms with Gasteiger partial charge in [-0.1, -0.05) is 53.2 Å². The van der Waals surface area contributed by atoms with Crippen molar-refractivity contribution in [1.29, 1.82) is 0 Å². The molecule has 5 rings (SSSR count). The molecule has 8 nitrogen and oxygen atoms in total. The number of aromatic nitrogens is 4. The average Bonchev–Trinajstić information content (AvgIpc) is 3.56. The highest BCUT2D eigenvalue weighted by molar-refractivity contribution is 7.98. The summed E-state index contributed by atoms with van der Waals surface area (Å²) in [6.07, 6.45) is 0. The molecular formula is C25H24Cl2N6O2S2. The Morgan fingerprint density at radius 3 is 2.76 bits per heavy atom. The van der Waals surface area contributed by atoms with E-state index in [-0.39, 0.29) is 5.91 Å². The molecule has 2 aromatic heterocycles. The second kappa shape index (κ2) is 12.4. The number of nitrogens with one attached hydrogen (secondary N) is 1. The van der Waals surface area contributed by atoms with Gasteiger partial charge in [0.1, 0.15) is 10.7 Å². The van der Waals surface area contributed by atoms with Crippen LogP contribution in [0, 0.1) is 0 Å². The van der Waals surface area contributed by atoms with Crippen LogP contribution in [-0.2, 0) is 10.5 Å². The highest BCUT2D eigenvalue weighted by atomic mass is 35.5. The molecule has 0 saturated carbocycles. The molecule has 2 aromatic carbocycles. The zero-order valence-corrected chi connectivity index (χ0v) is 22.9. The fraction of sp³-hybridized carbons (Fsp3) is 0.280. The second-order valence-electron chi connectivity index (χ2n) is 8.23. The van der Waals surface area contributed by atoms with Gasteiger partial charge in [0.25, 0.3) is 5.91 Å². The lowest BCUT2D eigenvalue weighted by Gasteiger charge is -2.26. The molecule has 3 heterocycles. The summed E-state index contributed by atoms with van der Waals surface area (Å²) in [4.78, 5) is 19.4. The van der Waals surface area contributed by atoms with Gasteiger partial charge in [-0.15, -0.1) is 21.5 Å². The number of thiazole rings is 1. The molecule has 0 atom stereocenters. The Kier molecular flexibility index (Phi) is 8.75. The SMILES string of the molecule is O=C(NCCN1CCOCC1)c1csc(CSc2nnc(-c3ccccc3Cl)n2-c2cccc(Cl)c2)n1. The van der Waals surface area contributed by atoms with Crippen molar-refractivity contribution in [3.8, 4) is 17.1 Å². The molecule has 12 heteroatoms. The Labute approximate surface area is 233 Å². The maximum Gasteiger partial charge on any atom is 0.270 e. The van der Waals surface area contributed by atoms with E-state index in [0.717, 1.165) is 49.1 Å². The molecule has 1 aliphatic rings. The number of thioether (sulfide) groups is 1. The Hall–Kier alpha value is -2.47. The van der Waals surface area contributed by atoms with Crippen LogP contribution in [0.2, 0.25) is 10.0 Å². The molecule has 192 valence electrons. The zero-order valence-electron chi connectivity index (χ0n) is 19.8. The normalized spacial score (nSPS) is 14.1. The third kappa shape index (κ3) is 6.51. The summed E-state index contributed by atoms with van der Waals surface area (Å²) in [6, 6.07) is 15.0. The number of halogens is 2. The van der Waals surface area contributed by atoms with Gasteiger partial charge in [0.05, 0.1) is 29.7 Å². The third-order valence-electron chi connectivity index (χ3n) is 5.74. The van der Waals surface area contributed by atoms with Crippen LogP contribution in [0.4, 0.5) is 0 Å². The van der Waals surface area contributed by atoms with Crippen LogP contribution in [0.1, 0.15) is 15.5 Å². The van der Waals surface area contributed by atoms with Crippen molar-refractivity contribution in [2.24, 2.45) is 0 Å². The van der Waals surface area contributed by atoms with E-state index < -0.39 is 0 Å². The highest BCUT2D eigenvalue weighted by Gasteiger charge is 2.19. The molecule has 1 amide bonds. The molecule has 0 bridgehead atoms. The van der Waals surface area contributed by atoms with Crippen LogP contribution in [0.3, 0.4) is 0 Å². The van der Waals surface area contributed by atoms with Crippen molar-refractivity contribution in [2.45, 2.75) is 10.9 Å². The topological polar surface area (TPSA) is 85.2 Å². The van der Waals surface area contributed by atoms with Crippen molar-refractivity contribution in [3.05, 3.63) is 74.7 Å². The number of rotatable bonds is 9. The highest BCUT2D eigenvalue weighted by Crippen LogP contribution is 2.33. The van der Waals surface area contributed by atoms with Gasteiger partial charge in [0, 0.05) is 42.1 Å². The minimum absolute atomic E-state index is 0.163. The Morgan fingerprint density at radius 2 is 1.95 bits per heavy atom. The van der Waals surface area contributed by atoms with Crippen LogP contribution >= 0.6 is 46.3 Å². The summed E-state index contributed by atoms with van der Waals surface area (Å²) >= 11 is 15.7. The fourth-order valence-corrected chi connectivity index (χ4v) is 6.03. The van der Waals surface area contributed by atoms with E-state index in [1.807, 2.05) is 53.1 Å². The fourth-order valence-electron chi connectivity index (χ4n) is 3.88. The van der Waals surface area contributed by atoms with Crippen LogP contribution in [0.25, 0.3) is 17.1 Å². The number of ether oxygens (including phenoxy) is 1. The zero-order chi connectivity index (χ0) is 25.6. The number of hydrogen-bond donors (Lipinski definition) is 1. The predicted octanol–water partition coefficient (Wildman–Crippen LogP) is 5.05. The molecule has 0 radical (unpaired) electrons. The lowest BCUT2D eigenvalue weighted by Crippen LogP contribution is -2.41. The minimum atomic E-state index is -0.163. The van der Waals surface area contributed by atoms with Crippen LogP contribution in [0.15, 0.2) is 59.1 Å². The summed E-state index contributed by atoms with van der Waals surface area (Å²) in [5, 5.41) is 16.3. The Morgan fingerprint density at radius 1 is 1.11 bits per heavy atom. The lowest BCUT2D eigenvalue weighted by atomic mass is 10.2. The third-order valence-corrected chi connectivity index (χ3v) is 8.28. The first-order chi connectivity index (χ1) is 18.1. The summed E-state index contributed by atoms with van der Waals surface area (Å²) in [5.74, 6) is 0.992. The van der Waals surface area contributed by atoms with Crippen LogP contribution in [0.5, 0.6) is 0 Å². The quantitative estimate of drug-likeness (QED) is 0.280. The first-order valence-electron chi connectivity index (χ1n) is 11.7. The smallest absolute Gasteiger partial charge is 0.270 e. The molecule has 1 N–H and O–H groups in total. The van der Waals surface area contributed by atoms with Gasteiger partial charge in [-0.3, -0.25) is 14.3 Å². The average molecular weight is 576 g/mol. The molecular weight excluding hydrogens is 551 g/mol. The molecule has 0 aliphatic carbocycles. The van der Waals surface area contributed by atoms with E-state index in [0.29, 0.717) is 39.0 Å². The monoisotopic (exact) mass is 574 g/mol. The first kappa shape index (κ1) is 26.1. The van der Waals surface area contributed by atoms with Crippen molar-refractivity contribution < 1.29 is 9.53 Å². The van der Waals surface area contributed by atoms with E-state index in [1.165, 1.54) is 23.1 Å². The van der Waals surface area contributed by atoms with E-state index in [9.17, 15) is 4.79 Å². The largest absolute Gasteiger partial charge is 0.379 e. The van der Waals surface area contributed by atoms with Gasteiger partial charge >= 0.3 is 0 Å². The number of amides is 1. The van der Waals surface area contributed by atoms with Gasteiger partial charge < -0.3 is 10.1 Å². The number of carbonyl (C=O) groups excluding carboxylic acids is 1. The number of carbonyl (C=O) groups is 1. The number of hydrogen-bond acceptors (Lipinski definition) is 8. The van der Waals surface area contributed by atoms with Gasteiger partial charge in [0.15, 0.2) is 11.0 Å². The molecule has 0 unspecified atom stereocenters. The summed E-state index contributed by atoms with van der Waals surface area (Å²) in [5.41, 5.74) is 2.03. The summed E-state index contributed by atoms with van der Waals surface area (Å²) in [6.45, 7) is 4.65. The van der Waals surface area contributed by atoms with Crippen molar-refractivity contribution in [1.82, 2.24) is 30.0 Å². The first-order valence-corrected chi connectivity index (χ1v) is 14.3. The van der Waals surface area contributed by atoms with E-state index in [2.05, 4.69) is 25.4 Å². The lowest BCUT2D eigenvalue weighted by molar-refractivity contribution is 0.0383. The second-order valence-corrected chi connectivity index (χ2v) is 11.0. The molecule has 1 fully saturated rings. The number of nitrogens with zero attached hydrogens (tertiary/aromatic N) is 5.